The third-order valence-corrected chi connectivity index (χ3v) is 5.92. The molecule has 0 radical (unpaired) electrons. The number of carbonyl (C=O) groups excluding carboxylic acids is 2. The Morgan fingerprint density at radius 3 is 2.44 bits per heavy atom. The number of nitrogens with zero attached hydrogens (tertiary/aromatic N) is 3. The number of fused-ring (bicyclic) bond motifs is 1. The molecule has 2 amide bonds. The van der Waals surface area contributed by atoms with Gasteiger partial charge in [0.2, 0.25) is 10.0 Å². The number of benzene rings is 1. The number of sulfonamides is 1. The Labute approximate surface area is 187 Å². The second-order valence-electron chi connectivity index (χ2n) is 8.57. The molecule has 0 atom stereocenters. The largest absolute Gasteiger partial charge is 0.444 e. The molecule has 3 rings (SSSR count). The van der Waals surface area contributed by atoms with Crippen LogP contribution in [0.2, 0.25) is 0 Å². The van der Waals surface area contributed by atoms with E-state index in [0.29, 0.717) is 24.5 Å². The fraction of sp³-hybridized carbons (Fsp3) is 0.381. The first-order chi connectivity index (χ1) is 14.9. The van der Waals surface area contributed by atoms with Gasteiger partial charge in [-0.05, 0) is 56.2 Å². The number of anilines is 1. The number of hydrogen-bond donors (Lipinski definition) is 2. The Morgan fingerprint density at radius 1 is 1.19 bits per heavy atom. The Morgan fingerprint density at radius 2 is 1.88 bits per heavy atom. The Balaban J connectivity index is 1.82. The number of carbonyl (C=O) groups is 2. The number of aromatic nitrogens is 1. The summed E-state index contributed by atoms with van der Waals surface area (Å²) >= 11 is 0. The minimum absolute atomic E-state index is 0.0159. The zero-order chi connectivity index (χ0) is 23.7. The lowest BCUT2D eigenvalue weighted by Gasteiger charge is -2.24. The van der Waals surface area contributed by atoms with Crippen LogP contribution in [-0.2, 0) is 34.4 Å². The van der Waals surface area contributed by atoms with Crippen LogP contribution in [0, 0.1) is 0 Å². The van der Waals surface area contributed by atoms with Crippen LogP contribution in [0.25, 0.3) is 0 Å². The predicted molar refractivity (Wildman–Crippen MR) is 119 cm³/mol. The third-order valence-electron chi connectivity index (χ3n) is 4.78. The zero-order valence-electron chi connectivity index (χ0n) is 18.5. The summed E-state index contributed by atoms with van der Waals surface area (Å²) in [5.74, 6) is 4.62. The minimum atomic E-state index is -3.63. The van der Waals surface area contributed by atoms with Gasteiger partial charge in [-0.2, -0.15) is 0 Å². The summed E-state index contributed by atoms with van der Waals surface area (Å²) in [5.41, 5.74) is 4.39. The van der Waals surface area contributed by atoms with Gasteiger partial charge in [0.1, 0.15) is 5.60 Å². The van der Waals surface area contributed by atoms with E-state index >= 15 is 0 Å². The second kappa shape index (κ2) is 8.75. The van der Waals surface area contributed by atoms with Gasteiger partial charge in [-0.25, -0.2) is 19.1 Å². The van der Waals surface area contributed by atoms with Crippen molar-refractivity contribution >= 4 is 27.7 Å². The molecule has 172 valence electrons. The van der Waals surface area contributed by atoms with Gasteiger partial charge in [0.15, 0.2) is 0 Å². The van der Waals surface area contributed by atoms with Gasteiger partial charge in [0.05, 0.1) is 29.7 Å². The first-order valence-corrected chi connectivity index (χ1v) is 11.8. The summed E-state index contributed by atoms with van der Waals surface area (Å²) in [4.78, 5) is 29.7. The lowest BCUT2D eigenvalue weighted by atomic mass is 10.1. The second-order valence-corrected chi connectivity index (χ2v) is 10.5. The van der Waals surface area contributed by atoms with Crippen molar-refractivity contribution in [2.24, 2.45) is 5.84 Å². The highest BCUT2D eigenvalue weighted by Gasteiger charge is 2.29. The maximum absolute atomic E-state index is 12.5. The van der Waals surface area contributed by atoms with E-state index in [0.717, 1.165) is 17.4 Å². The normalized spacial score (nSPS) is 13.5. The molecule has 2 heterocycles. The molecule has 1 aliphatic rings. The molecule has 0 unspecified atom stereocenters. The molecule has 1 aliphatic heterocycles. The molecule has 3 N–H and O–H groups in total. The number of nitrogens with one attached hydrogen (secondary N) is 1. The number of amides is 2. The van der Waals surface area contributed by atoms with Gasteiger partial charge in [-0.15, -0.1) is 0 Å². The van der Waals surface area contributed by atoms with E-state index in [1.165, 1.54) is 16.6 Å². The van der Waals surface area contributed by atoms with Crippen molar-refractivity contribution in [3.8, 4) is 0 Å². The number of pyridine rings is 1. The molecule has 2 aromatic rings. The van der Waals surface area contributed by atoms with E-state index < -0.39 is 27.6 Å². The summed E-state index contributed by atoms with van der Waals surface area (Å²) in [6.45, 7) is 6.13. The molecule has 11 heteroatoms. The predicted octanol–water partition coefficient (Wildman–Crippen LogP) is 1.90. The summed E-state index contributed by atoms with van der Waals surface area (Å²) in [6, 6.07) is 8.37. The molecule has 0 saturated carbocycles. The van der Waals surface area contributed by atoms with Gasteiger partial charge in [-0.3, -0.25) is 24.4 Å². The first-order valence-electron chi connectivity index (χ1n) is 9.91. The highest BCUT2D eigenvalue weighted by molar-refractivity contribution is 7.92. The SMILES string of the molecule is CC(C)(C)OC(=O)N1Cc2ccc(N(Cc3ccc(C(=O)NN)cn3)S(C)(=O)=O)cc2C1. The van der Waals surface area contributed by atoms with Crippen molar-refractivity contribution in [1.82, 2.24) is 15.3 Å². The molecular weight excluding hydrogens is 434 g/mol. The lowest BCUT2D eigenvalue weighted by molar-refractivity contribution is 0.0241. The van der Waals surface area contributed by atoms with E-state index in [4.69, 9.17) is 10.6 Å². The van der Waals surface area contributed by atoms with Crippen LogP contribution in [0.15, 0.2) is 36.5 Å². The molecule has 0 saturated heterocycles. The Kier molecular flexibility index (Phi) is 6.42. The average molecular weight is 462 g/mol. The van der Waals surface area contributed by atoms with Crippen LogP contribution < -0.4 is 15.6 Å². The Hall–Kier alpha value is -3.18. The van der Waals surface area contributed by atoms with Crippen LogP contribution in [0.4, 0.5) is 10.5 Å². The molecule has 32 heavy (non-hydrogen) atoms. The van der Waals surface area contributed by atoms with Gasteiger partial charge < -0.3 is 4.74 Å². The van der Waals surface area contributed by atoms with Crippen LogP contribution in [0.1, 0.15) is 48.0 Å². The van der Waals surface area contributed by atoms with Crippen molar-refractivity contribution in [1.29, 1.82) is 0 Å². The van der Waals surface area contributed by atoms with E-state index in [1.807, 2.05) is 11.5 Å². The number of ether oxygens (including phenoxy) is 1. The summed E-state index contributed by atoms with van der Waals surface area (Å²) in [5, 5.41) is 0. The number of rotatable bonds is 5. The number of hydrazine groups is 1. The maximum atomic E-state index is 12.5. The maximum Gasteiger partial charge on any atom is 0.410 e. The third kappa shape index (κ3) is 5.54. The minimum Gasteiger partial charge on any atom is -0.444 e. The number of nitrogens with two attached hydrogens (primary N) is 1. The zero-order valence-corrected chi connectivity index (χ0v) is 19.3. The molecular formula is C21H27N5O5S. The van der Waals surface area contributed by atoms with Crippen molar-refractivity contribution in [3.05, 3.63) is 58.9 Å². The highest BCUT2D eigenvalue weighted by atomic mass is 32.2. The molecule has 1 aromatic carbocycles. The Bertz CT molecular complexity index is 1130. The summed E-state index contributed by atoms with van der Waals surface area (Å²) in [6.07, 6.45) is 2.03. The van der Waals surface area contributed by atoms with Crippen molar-refractivity contribution in [3.63, 3.8) is 0 Å². The molecule has 0 fully saturated rings. The smallest absolute Gasteiger partial charge is 0.410 e. The topological polar surface area (TPSA) is 135 Å². The molecule has 10 nitrogen and oxygen atoms in total. The van der Waals surface area contributed by atoms with Crippen molar-refractivity contribution in [2.45, 2.75) is 46.0 Å². The van der Waals surface area contributed by atoms with Crippen LogP contribution in [-0.4, -0.2) is 42.2 Å². The monoisotopic (exact) mass is 461 g/mol. The van der Waals surface area contributed by atoms with Crippen molar-refractivity contribution in [2.75, 3.05) is 10.6 Å². The van der Waals surface area contributed by atoms with E-state index in [1.54, 1.807) is 43.9 Å². The molecule has 0 spiro atoms. The number of hydrogen-bond acceptors (Lipinski definition) is 7. The van der Waals surface area contributed by atoms with E-state index in [9.17, 15) is 18.0 Å². The van der Waals surface area contributed by atoms with Crippen LogP contribution >= 0.6 is 0 Å². The molecule has 1 aromatic heterocycles. The average Bonchev–Trinajstić information content (AvgIpc) is 3.13. The quantitative estimate of drug-likeness (QED) is 0.394. The fourth-order valence-electron chi connectivity index (χ4n) is 3.27. The van der Waals surface area contributed by atoms with Gasteiger partial charge in [0, 0.05) is 19.3 Å². The van der Waals surface area contributed by atoms with E-state index in [2.05, 4.69) is 4.98 Å². The summed E-state index contributed by atoms with van der Waals surface area (Å²) < 4.78 is 31.7. The first kappa shape index (κ1) is 23.5. The fourth-order valence-corrected chi connectivity index (χ4v) is 4.14. The highest BCUT2D eigenvalue weighted by Crippen LogP contribution is 2.30. The van der Waals surface area contributed by atoms with Gasteiger partial charge in [0.25, 0.3) is 5.91 Å². The van der Waals surface area contributed by atoms with Crippen LogP contribution in [0.5, 0.6) is 0 Å². The van der Waals surface area contributed by atoms with Crippen molar-refractivity contribution < 1.29 is 22.7 Å². The standard InChI is InChI=1S/C21H27N5O5S/c1-21(2,3)31-20(28)25-11-15-6-8-18(9-16(15)12-25)26(32(4,29)30)13-17-7-5-14(10-23-17)19(27)24-22/h5-10H,11-13,22H2,1-4H3,(H,24,27). The van der Waals surface area contributed by atoms with Gasteiger partial charge in [-0.1, -0.05) is 6.07 Å². The number of nitrogen functional groups attached to an aromatic ring is 1. The lowest BCUT2D eigenvalue weighted by Crippen LogP contribution is -2.33. The summed E-state index contributed by atoms with van der Waals surface area (Å²) in [7, 11) is -3.63. The van der Waals surface area contributed by atoms with Gasteiger partial charge >= 0.3 is 6.09 Å². The van der Waals surface area contributed by atoms with E-state index in [-0.39, 0.29) is 12.1 Å². The van der Waals surface area contributed by atoms with Crippen LogP contribution in [0.3, 0.4) is 0 Å². The molecule has 0 bridgehead atoms. The molecule has 0 aliphatic carbocycles.